The van der Waals surface area contributed by atoms with Gasteiger partial charge in [-0.25, -0.2) is 0 Å². The fourth-order valence-electron chi connectivity index (χ4n) is 5.67. The number of halogens is 1. The van der Waals surface area contributed by atoms with Crippen LogP contribution in [0.5, 0.6) is 0 Å². The van der Waals surface area contributed by atoms with Gasteiger partial charge in [0.05, 0.1) is 0 Å². The molecule has 0 amide bonds. The van der Waals surface area contributed by atoms with Gasteiger partial charge >= 0.3 is 0 Å². The van der Waals surface area contributed by atoms with Crippen LogP contribution in [0.3, 0.4) is 0 Å². The quantitative estimate of drug-likeness (QED) is 0.371. The van der Waals surface area contributed by atoms with Crippen LogP contribution >= 0.6 is 24.0 Å². The van der Waals surface area contributed by atoms with Gasteiger partial charge in [0.15, 0.2) is 11.6 Å². The van der Waals surface area contributed by atoms with Gasteiger partial charge in [0.1, 0.15) is 5.82 Å². The van der Waals surface area contributed by atoms with E-state index >= 15 is 0 Å². The van der Waals surface area contributed by atoms with Crippen molar-refractivity contribution in [2.45, 2.75) is 45.1 Å². The Hall–Kier alpha value is -1.42. The summed E-state index contributed by atoms with van der Waals surface area (Å²) in [6.45, 7) is 8.28. The normalized spacial score (nSPS) is 26.9. The highest BCUT2D eigenvalue weighted by Gasteiger charge is 2.42. The summed E-state index contributed by atoms with van der Waals surface area (Å²) in [4.78, 5) is 10.1. The van der Waals surface area contributed by atoms with Crippen LogP contribution in [-0.2, 0) is 6.42 Å². The Kier molecular flexibility index (Phi) is 7.12. The zero-order valence-corrected chi connectivity index (χ0v) is 20.2. The average Bonchev–Trinajstić information content (AvgIpc) is 3.49. The maximum atomic E-state index is 4.91. The minimum absolute atomic E-state index is 0. The van der Waals surface area contributed by atoms with Crippen molar-refractivity contribution in [1.29, 1.82) is 0 Å². The molecule has 3 aliphatic rings. The first-order valence-corrected chi connectivity index (χ1v) is 11.4. The Balaban J connectivity index is 0.00000218. The molecule has 164 valence electrons. The van der Waals surface area contributed by atoms with Gasteiger partial charge in [-0.2, -0.15) is 0 Å². The molecule has 0 aromatic carbocycles. The minimum Gasteiger partial charge on any atom is -0.357 e. The van der Waals surface area contributed by atoms with Crippen LogP contribution in [0, 0.1) is 11.8 Å². The molecule has 30 heavy (non-hydrogen) atoms. The van der Waals surface area contributed by atoms with Crippen LogP contribution in [-0.4, -0.2) is 75.7 Å². The van der Waals surface area contributed by atoms with E-state index in [9.17, 15) is 0 Å². The zero-order valence-electron chi connectivity index (χ0n) is 17.9. The third-order valence-electron chi connectivity index (χ3n) is 7.10. The molecule has 2 bridgehead atoms. The van der Waals surface area contributed by atoms with E-state index in [2.05, 4.69) is 36.6 Å². The number of guanidine groups is 1. The fraction of sp³-hybridized carbons (Fsp3) is 0.682. The van der Waals surface area contributed by atoms with Crippen molar-refractivity contribution in [2.75, 3.05) is 39.3 Å². The Labute approximate surface area is 196 Å². The van der Waals surface area contributed by atoms with Crippen molar-refractivity contribution in [1.82, 2.24) is 29.7 Å². The van der Waals surface area contributed by atoms with E-state index in [1.165, 1.54) is 38.8 Å². The number of rotatable bonds is 5. The third kappa shape index (κ3) is 4.44. The van der Waals surface area contributed by atoms with Crippen molar-refractivity contribution < 1.29 is 0 Å². The molecule has 0 radical (unpaired) electrons. The summed E-state index contributed by atoms with van der Waals surface area (Å²) in [5.74, 6) is 4.02. The molecule has 2 saturated carbocycles. The highest BCUT2D eigenvalue weighted by atomic mass is 127. The average molecular weight is 523 g/mol. The van der Waals surface area contributed by atoms with Gasteiger partial charge in [0.2, 0.25) is 0 Å². The van der Waals surface area contributed by atoms with Crippen LogP contribution in [0.2, 0.25) is 0 Å². The van der Waals surface area contributed by atoms with Crippen LogP contribution in [0.15, 0.2) is 29.4 Å². The second kappa shape index (κ2) is 9.80. The highest BCUT2D eigenvalue weighted by molar-refractivity contribution is 14.0. The maximum Gasteiger partial charge on any atom is 0.194 e. The first-order valence-electron chi connectivity index (χ1n) is 11.4. The SMILES string of the molecule is CCNC(=NCCc1nnc2ccccn12)N1CCN(C2CC3CCC2C3)CC1.I. The van der Waals surface area contributed by atoms with Gasteiger partial charge in [0, 0.05) is 57.9 Å². The molecule has 2 aromatic rings. The minimum atomic E-state index is 0. The fourth-order valence-corrected chi connectivity index (χ4v) is 5.67. The number of piperazine rings is 1. The van der Waals surface area contributed by atoms with Crippen LogP contribution in [0.1, 0.15) is 38.4 Å². The summed E-state index contributed by atoms with van der Waals surface area (Å²) in [7, 11) is 0. The molecule has 1 saturated heterocycles. The lowest BCUT2D eigenvalue weighted by atomic mass is 9.93. The van der Waals surface area contributed by atoms with Crippen LogP contribution in [0.4, 0.5) is 0 Å². The number of nitrogens with one attached hydrogen (secondary N) is 1. The molecule has 2 aliphatic carbocycles. The molecule has 0 spiro atoms. The van der Waals surface area contributed by atoms with Gasteiger partial charge in [-0.1, -0.05) is 12.5 Å². The Bertz CT molecular complexity index is 858. The molecule has 8 heteroatoms. The van der Waals surface area contributed by atoms with Crippen molar-refractivity contribution >= 4 is 35.6 Å². The van der Waals surface area contributed by atoms with Crippen LogP contribution in [0.25, 0.3) is 5.65 Å². The molecule has 7 nitrogen and oxygen atoms in total. The van der Waals surface area contributed by atoms with E-state index < -0.39 is 0 Å². The number of hydrogen-bond donors (Lipinski definition) is 1. The molecule has 3 fully saturated rings. The lowest BCUT2D eigenvalue weighted by Crippen LogP contribution is -2.55. The van der Waals surface area contributed by atoms with Crippen LogP contribution < -0.4 is 5.32 Å². The summed E-state index contributed by atoms with van der Waals surface area (Å²) in [6, 6.07) is 6.85. The number of nitrogens with zero attached hydrogens (tertiary/aromatic N) is 6. The number of pyridine rings is 1. The summed E-state index contributed by atoms with van der Waals surface area (Å²) >= 11 is 0. The predicted molar refractivity (Wildman–Crippen MR) is 130 cm³/mol. The highest BCUT2D eigenvalue weighted by Crippen LogP contribution is 2.46. The lowest BCUT2D eigenvalue weighted by molar-refractivity contribution is 0.0958. The molecule has 3 atom stereocenters. The van der Waals surface area contributed by atoms with Gasteiger partial charge in [-0.3, -0.25) is 14.3 Å². The number of aromatic nitrogens is 3. The zero-order chi connectivity index (χ0) is 19.6. The predicted octanol–water partition coefficient (Wildman–Crippen LogP) is 2.66. The Morgan fingerprint density at radius 1 is 1.13 bits per heavy atom. The number of aliphatic imine (C=N–C) groups is 1. The topological polar surface area (TPSA) is 61.1 Å². The Morgan fingerprint density at radius 3 is 2.73 bits per heavy atom. The number of fused-ring (bicyclic) bond motifs is 3. The van der Waals surface area contributed by atoms with Crippen molar-refractivity contribution in [2.24, 2.45) is 16.8 Å². The van der Waals surface area contributed by atoms with E-state index in [1.807, 2.05) is 24.4 Å². The summed E-state index contributed by atoms with van der Waals surface area (Å²) in [5, 5.41) is 12.1. The largest absolute Gasteiger partial charge is 0.357 e. The molecular formula is C22H34IN7. The molecule has 5 rings (SSSR count). The molecule has 1 N–H and O–H groups in total. The second-order valence-corrected chi connectivity index (χ2v) is 8.80. The lowest BCUT2D eigenvalue weighted by Gasteiger charge is -2.42. The number of hydrogen-bond acceptors (Lipinski definition) is 4. The Morgan fingerprint density at radius 2 is 2.00 bits per heavy atom. The van der Waals surface area contributed by atoms with E-state index in [0.29, 0.717) is 0 Å². The molecule has 3 heterocycles. The van der Waals surface area contributed by atoms with E-state index in [0.717, 1.165) is 67.9 Å². The standard InChI is InChI=1S/C22H33N7.HI/c1-2-23-22(24-9-8-21-26-25-20-5-3-4-10-29(20)21)28-13-11-27(12-14-28)19-16-17-6-7-18(19)15-17;/h3-5,10,17-19H,2,6-9,11-16H2,1H3,(H,23,24);1H. The van der Waals surface area contributed by atoms with Gasteiger partial charge in [0.25, 0.3) is 0 Å². The third-order valence-corrected chi connectivity index (χ3v) is 7.10. The summed E-state index contributed by atoms with van der Waals surface area (Å²) in [6.07, 6.45) is 8.72. The van der Waals surface area contributed by atoms with Crippen molar-refractivity contribution in [3.63, 3.8) is 0 Å². The first kappa shape index (κ1) is 21.8. The van der Waals surface area contributed by atoms with Gasteiger partial charge in [-0.05, 0) is 50.2 Å². The van der Waals surface area contributed by atoms with E-state index in [4.69, 9.17) is 4.99 Å². The van der Waals surface area contributed by atoms with Crippen molar-refractivity contribution in [3.8, 4) is 0 Å². The molecule has 3 unspecified atom stereocenters. The van der Waals surface area contributed by atoms with Gasteiger partial charge < -0.3 is 10.2 Å². The smallest absolute Gasteiger partial charge is 0.194 e. The maximum absolute atomic E-state index is 4.91. The molecular weight excluding hydrogens is 489 g/mol. The van der Waals surface area contributed by atoms with Gasteiger partial charge in [-0.15, -0.1) is 34.2 Å². The summed E-state index contributed by atoms with van der Waals surface area (Å²) < 4.78 is 2.05. The second-order valence-electron chi connectivity index (χ2n) is 8.80. The first-order chi connectivity index (χ1) is 14.3. The van der Waals surface area contributed by atoms with E-state index in [-0.39, 0.29) is 24.0 Å². The monoisotopic (exact) mass is 523 g/mol. The van der Waals surface area contributed by atoms with E-state index in [1.54, 1.807) is 0 Å². The summed E-state index contributed by atoms with van der Waals surface area (Å²) in [5.41, 5.74) is 0.898. The van der Waals surface area contributed by atoms with Crippen molar-refractivity contribution in [3.05, 3.63) is 30.2 Å². The molecule has 1 aliphatic heterocycles. The molecule has 2 aromatic heterocycles.